The van der Waals surface area contributed by atoms with Crippen LogP contribution in [0.15, 0.2) is 24.3 Å². The van der Waals surface area contributed by atoms with Gasteiger partial charge in [-0.2, -0.15) is 0 Å². The van der Waals surface area contributed by atoms with Gasteiger partial charge in [-0.15, -0.1) is 0 Å². The minimum atomic E-state index is 0.699. The first-order chi connectivity index (χ1) is 6.22. The highest BCUT2D eigenvalue weighted by atomic mass is 35.5. The van der Waals surface area contributed by atoms with E-state index in [4.69, 9.17) is 17.3 Å². The van der Waals surface area contributed by atoms with Crippen molar-refractivity contribution >= 4 is 11.6 Å². The predicted molar refractivity (Wildman–Crippen MR) is 56.8 cm³/mol. The summed E-state index contributed by atoms with van der Waals surface area (Å²) in [5.74, 6) is 0. The van der Waals surface area contributed by atoms with Gasteiger partial charge in [0.2, 0.25) is 0 Å². The summed E-state index contributed by atoms with van der Waals surface area (Å²) in [5.41, 5.74) is 6.71. The molecule has 1 rings (SSSR count). The maximum Gasteiger partial charge on any atom is 0.0406 e. The van der Waals surface area contributed by atoms with Gasteiger partial charge < -0.3 is 10.6 Å². The molecule has 0 aliphatic carbocycles. The monoisotopic (exact) mass is 198 g/mol. The molecule has 0 fully saturated rings. The van der Waals surface area contributed by atoms with E-state index in [2.05, 4.69) is 11.9 Å². The fourth-order valence-electron chi connectivity index (χ4n) is 1.20. The molecule has 3 heteroatoms. The molecule has 0 atom stereocenters. The van der Waals surface area contributed by atoms with Crippen LogP contribution in [0.2, 0.25) is 5.02 Å². The van der Waals surface area contributed by atoms with Gasteiger partial charge in [-0.05, 0) is 24.7 Å². The van der Waals surface area contributed by atoms with Gasteiger partial charge >= 0.3 is 0 Å². The van der Waals surface area contributed by atoms with Crippen molar-refractivity contribution in [2.45, 2.75) is 6.54 Å². The number of hydrogen-bond donors (Lipinski definition) is 1. The van der Waals surface area contributed by atoms with Crippen molar-refractivity contribution in [3.8, 4) is 0 Å². The molecule has 0 saturated heterocycles. The molecule has 0 aliphatic rings. The van der Waals surface area contributed by atoms with E-state index in [9.17, 15) is 0 Å². The summed E-state index contributed by atoms with van der Waals surface area (Å²) in [6.45, 7) is 2.54. The summed E-state index contributed by atoms with van der Waals surface area (Å²) in [5, 5.41) is 0.783. The van der Waals surface area contributed by atoms with Gasteiger partial charge in [0.05, 0.1) is 0 Å². The second-order valence-corrected chi connectivity index (χ2v) is 3.59. The van der Waals surface area contributed by atoms with Gasteiger partial charge in [-0.3, -0.25) is 0 Å². The summed E-state index contributed by atoms with van der Waals surface area (Å²) >= 11 is 5.78. The SMILES string of the molecule is CN(CCN)Cc1ccc(Cl)cc1. The molecule has 0 aliphatic heterocycles. The Bertz CT molecular complexity index is 246. The van der Waals surface area contributed by atoms with Crippen LogP contribution in [-0.4, -0.2) is 25.0 Å². The highest BCUT2D eigenvalue weighted by Gasteiger charge is 1.98. The quantitative estimate of drug-likeness (QED) is 0.799. The maximum atomic E-state index is 5.78. The third-order valence-corrected chi connectivity index (χ3v) is 2.13. The maximum absolute atomic E-state index is 5.78. The topological polar surface area (TPSA) is 29.3 Å². The van der Waals surface area contributed by atoms with Crippen molar-refractivity contribution in [2.24, 2.45) is 5.73 Å². The second kappa shape index (κ2) is 5.22. The normalized spacial score (nSPS) is 10.8. The van der Waals surface area contributed by atoms with E-state index in [-0.39, 0.29) is 0 Å². The minimum Gasteiger partial charge on any atom is -0.329 e. The summed E-state index contributed by atoms with van der Waals surface area (Å²) in [7, 11) is 2.06. The molecule has 2 N–H and O–H groups in total. The van der Waals surface area contributed by atoms with Crippen LogP contribution in [-0.2, 0) is 6.54 Å². The van der Waals surface area contributed by atoms with Crippen LogP contribution in [0.3, 0.4) is 0 Å². The van der Waals surface area contributed by atoms with Gasteiger partial charge in [0, 0.05) is 24.7 Å². The number of benzene rings is 1. The summed E-state index contributed by atoms with van der Waals surface area (Å²) < 4.78 is 0. The summed E-state index contributed by atoms with van der Waals surface area (Å²) in [4.78, 5) is 2.18. The zero-order valence-corrected chi connectivity index (χ0v) is 8.59. The first kappa shape index (κ1) is 10.5. The number of halogens is 1. The molecule has 0 unspecified atom stereocenters. The number of likely N-dealkylation sites (N-methyl/N-ethyl adjacent to an activating group) is 1. The van der Waals surface area contributed by atoms with Crippen LogP contribution in [0.25, 0.3) is 0 Å². The Morgan fingerprint density at radius 3 is 2.46 bits per heavy atom. The summed E-state index contributed by atoms with van der Waals surface area (Å²) in [6.07, 6.45) is 0. The number of nitrogens with two attached hydrogens (primary N) is 1. The Labute approximate surface area is 84.3 Å². The van der Waals surface area contributed by atoms with Crippen LogP contribution in [0, 0.1) is 0 Å². The third-order valence-electron chi connectivity index (χ3n) is 1.88. The lowest BCUT2D eigenvalue weighted by molar-refractivity contribution is 0.336. The van der Waals surface area contributed by atoms with Gasteiger partial charge in [0.1, 0.15) is 0 Å². The van der Waals surface area contributed by atoms with E-state index in [1.165, 1.54) is 5.56 Å². The Morgan fingerprint density at radius 2 is 1.92 bits per heavy atom. The van der Waals surface area contributed by atoms with Crippen LogP contribution in [0.1, 0.15) is 5.56 Å². The van der Waals surface area contributed by atoms with Gasteiger partial charge in [0.15, 0.2) is 0 Å². The highest BCUT2D eigenvalue weighted by Crippen LogP contribution is 2.10. The van der Waals surface area contributed by atoms with E-state index in [1.54, 1.807) is 0 Å². The smallest absolute Gasteiger partial charge is 0.0406 e. The van der Waals surface area contributed by atoms with E-state index in [0.29, 0.717) is 6.54 Å². The number of hydrogen-bond acceptors (Lipinski definition) is 2. The highest BCUT2D eigenvalue weighted by molar-refractivity contribution is 6.30. The standard InChI is InChI=1S/C10H15ClN2/c1-13(7-6-12)8-9-2-4-10(11)5-3-9/h2-5H,6-8,12H2,1H3. The lowest BCUT2D eigenvalue weighted by Crippen LogP contribution is -2.24. The molecule has 72 valence electrons. The molecule has 0 aromatic heterocycles. The molecule has 0 amide bonds. The minimum absolute atomic E-state index is 0.699. The van der Waals surface area contributed by atoms with Gasteiger partial charge in [-0.1, -0.05) is 23.7 Å². The Morgan fingerprint density at radius 1 is 1.31 bits per heavy atom. The number of rotatable bonds is 4. The van der Waals surface area contributed by atoms with Gasteiger partial charge in [-0.25, -0.2) is 0 Å². The van der Waals surface area contributed by atoms with Crippen LogP contribution >= 0.6 is 11.6 Å². The van der Waals surface area contributed by atoms with Crippen molar-refractivity contribution in [1.82, 2.24) is 4.90 Å². The molecule has 0 saturated carbocycles. The first-order valence-corrected chi connectivity index (χ1v) is 4.73. The summed E-state index contributed by atoms with van der Waals surface area (Å²) in [6, 6.07) is 7.89. The molecule has 1 aromatic carbocycles. The fraction of sp³-hybridized carbons (Fsp3) is 0.400. The molecular formula is C10H15ClN2. The predicted octanol–water partition coefficient (Wildman–Crippen LogP) is 1.73. The van der Waals surface area contributed by atoms with Crippen molar-refractivity contribution in [3.63, 3.8) is 0 Å². The molecule has 0 bridgehead atoms. The molecule has 1 aromatic rings. The Hall–Kier alpha value is -0.570. The molecule has 13 heavy (non-hydrogen) atoms. The van der Waals surface area contributed by atoms with Crippen LogP contribution in [0.4, 0.5) is 0 Å². The molecular weight excluding hydrogens is 184 g/mol. The zero-order chi connectivity index (χ0) is 9.68. The lowest BCUT2D eigenvalue weighted by atomic mass is 10.2. The van der Waals surface area contributed by atoms with Crippen LogP contribution < -0.4 is 5.73 Å². The van der Waals surface area contributed by atoms with Crippen molar-refractivity contribution < 1.29 is 0 Å². The molecule has 2 nitrogen and oxygen atoms in total. The van der Waals surface area contributed by atoms with E-state index < -0.39 is 0 Å². The van der Waals surface area contributed by atoms with Crippen LogP contribution in [0.5, 0.6) is 0 Å². The van der Waals surface area contributed by atoms with Gasteiger partial charge in [0.25, 0.3) is 0 Å². The van der Waals surface area contributed by atoms with E-state index >= 15 is 0 Å². The average molecular weight is 199 g/mol. The Kier molecular flexibility index (Phi) is 4.22. The fourth-order valence-corrected chi connectivity index (χ4v) is 1.33. The Balaban J connectivity index is 2.49. The average Bonchev–Trinajstić information content (AvgIpc) is 2.09. The zero-order valence-electron chi connectivity index (χ0n) is 7.83. The molecule has 0 spiro atoms. The van der Waals surface area contributed by atoms with E-state index in [0.717, 1.165) is 18.1 Å². The first-order valence-electron chi connectivity index (χ1n) is 4.35. The number of nitrogens with zero attached hydrogens (tertiary/aromatic N) is 1. The van der Waals surface area contributed by atoms with Crippen molar-refractivity contribution in [3.05, 3.63) is 34.9 Å². The molecule has 0 heterocycles. The molecule has 0 radical (unpaired) electrons. The third kappa shape index (κ3) is 3.77. The second-order valence-electron chi connectivity index (χ2n) is 3.15. The van der Waals surface area contributed by atoms with E-state index in [1.807, 2.05) is 24.3 Å². The largest absolute Gasteiger partial charge is 0.329 e. The lowest BCUT2D eigenvalue weighted by Gasteiger charge is -2.14. The van der Waals surface area contributed by atoms with Crippen molar-refractivity contribution in [2.75, 3.05) is 20.1 Å². The van der Waals surface area contributed by atoms with Crippen molar-refractivity contribution in [1.29, 1.82) is 0 Å².